The van der Waals surface area contributed by atoms with Gasteiger partial charge in [0.1, 0.15) is 4.83 Å². The lowest BCUT2D eigenvalue weighted by Crippen LogP contribution is -1.66. The molecule has 70 valence electrons. The molecular weight excluding hydrogens is 178 g/mol. The van der Waals surface area contributed by atoms with Crippen LogP contribution < -0.4 is 0 Å². The van der Waals surface area contributed by atoms with E-state index in [9.17, 15) is 0 Å². The number of rotatable bonds is 0. The maximum absolute atomic E-state index is 4.16. The summed E-state index contributed by atoms with van der Waals surface area (Å²) >= 11 is 1.68. The monoisotopic (exact) mass is 193 g/mol. The summed E-state index contributed by atoms with van der Waals surface area (Å²) in [6, 6.07) is 6.10. The fourth-order valence-corrected chi connectivity index (χ4v) is 1.54. The highest BCUT2D eigenvalue weighted by molar-refractivity contribution is 7.16. The molecule has 2 rings (SSSR count). The highest BCUT2D eigenvalue weighted by Crippen LogP contribution is 2.15. The van der Waals surface area contributed by atoms with Crippen molar-refractivity contribution >= 4 is 21.6 Å². The largest absolute Gasteiger partial charge is 0.245 e. The van der Waals surface area contributed by atoms with Crippen LogP contribution in [0.5, 0.6) is 0 Å². The predicted molar refractivity (Wildman–Crippen MR) is 60.1 cm³/mol. The fourth-order valence-electron chi connectivity index (χ4n) is 0.800. The van der Waals surface area contributed by atoms with Crippen LogP contribution in [0, 0.1) is 5.92 Å². The van der Waals surface area contributed by atoms with Gasteiger partial charge >= 0.3 is 0 Å². The standard InChI is InChI=1S/C7H5NS.C4H10/c1-2-6-3-5-9-7(6)8-4-1;1-4(2)3/h1-5H;4H,1-3H3. The van der Waals surface area contributed by atoms with E-state index < -0.39 is 0 Å². The summed E-state index contributed by atoms with van der Waals surface area (Å²) in [6.45, 7) is 6.50. The summed E-state index contributed by atoms with van der Waals surface area (Å²) in [5, 5.41) is 3.29. The topological polar surface area (TPSA) is 12.9 Å². The zero-order chi connectivity index (χ0) is 9.68. The Morgan fingerprint density at radius 1 is 1.23 bits per heavy atom. The number of pyridine rings is 1. The molecule has 0 aromatic carbocycles. The third kappa shape index (κ3) is 3.55. The molecule has 0 fully saturated rings. The van der Waals surface area contributed by atoms with Crippen molar-refractivity contribution in [3.63, 3.8) is 0 Å². The Bertz CT molecular complexity index is 319. The molecule has 0 spiro atoms. The molecule has 0 amide bonds. The van der Waals surface area contributed by atoms with Crippen molar-refractivity contribution in [1.82, 2.24) is 4.98 Å². The van der Waals surface area contributed by atoms with Gasteiger partial charge in [-0.3, -0.25) is 0 Å². The first kappa shape index (κ1) is 10.2. The van der Waals surface area contributed by atoms with E-state index in [2.05, 4.69) is 43.3 Å². The van der Waals surface area contributed by atoms with Gasteiger partial charge in [-0.25, -0.2) is 4.98 Å². The first-order valence-corrected chi connectivity index (χ1v) is 5.36. The summed E-state index contributed by atoms with van der Waals surface area (Å²) in [7, 11) is 0. The van der Waals surface area contributed by atoms with Crippen LogP contribution in [0.2, 0.25) is 0 Å². The Hall–Kier alpha value is -0.890. The summed E-state index contributed by atoms with van der Waals surface area (Å²) < 4.78 is 0. The maximum atomic E-state index is 4.16. The lowest BCUT2D eigenvalue weighted by Gasteiger charge is -1.81. The van der Waals surface area contributed by atoms with Crippen molar-refractivity contribution in [2.24, 2.45) is 5.92 Å². The van der Waals surface area contributed by atoms with Gasteiger partial charge in [-0.1, -0.05) is 26.8 Å². The van der Waals surface area contributed by atoms with E-state index in [0.29, 0.717) is 0 Å². The van der Waals surface area contributed by atoms with Gasteiger partial charge in [0.05, 0.1) is 0 Å². The molecule has 0 saturated heterocycles. The van der Waals surface area contributed by atoms with Gasteiger partial charge in [0.15, 0.2) is 0 Å². The summed E-state index contributed by atoms with van der Waals surface area (Å²) in [4.78, 5) is 5.28. The van der Waals surface area contributed by atoms with Crippen LogP contribution in [-0.2, 0) is 0 Å². The van der Waals surface area contributed by atoms with Gasteiger partial charge in [-0.2, -0.15) is 0 Å². The quantitative estimate of drug-likeness (QED) is 0.617. The molecule has 1 nitrogen and oxygen atoms in total. The number of nitrogens with zero attached hydrogens (tertiary/aromatic N) is 1. The van der Waals surface area contributed by atoms with E-state index in [1.165, 1.54) is 5.39 Å². The average Bonchev–Trinajstić information content (AvgIpc) is 2.49. The molecule has 2 heteroatoms. The summed E-state index contributed by atoms with van der Waals surface area (Å²) in [6.07, 6.45) is 1.82. The van der Waals surface area contributed by atoms with E-state index in [0.717, 1.165) is 10.7 Å². The van der Waals surface area contributed by atoms with Crippen molar-refractivity contribution in [1.29, 1.82) is 0 Å². The van der Waals surface area contributed by atoms with Crippen LogP contribution >= 0.6 is 11.3 Å². The molecule has 0 bridgehead atoms. The Morgan fingerprint density at radius 2 is 1.92 bits per heavy atom. The molecule has 2 aromatic rings. The molecule has 0 N–H and O–H groups in total. The zero-order valence-electron chi connectivity index (χ0n) is 8.32. The Balaban J connectivity index is 0.000000184. The number of thiophene rings is 1. The van der Waals surface area contributed by atoms with Gasteiger partial charge in [0.2, 0.25) is 0 Å². The van der Waals surface area contributed by atoms with E-state index in [4.69, 9.17) is 0 Å². The lowest BCUT2D eigenvalue weighted by atomic mass is 10.3. The van der Waals surface area contributed by atoms with Crippen molar-refractivity contribution < 1.29 is 0 Å². The first-order chi connectivity index (χ1) is 6.20. The summed E-state index contributed by atoms with van der Waals surface area (Å²) in [5.41, 5.74) is 0. The van der Waals surface area contributed by atoms with E-state index in [1.807, 2.05) is 12.3 Å². The molecule has 0 aliphatic rings. The Labute approximate surface area is 83.4 Å². The second kappa shape index (κ2) is 4.97. The fraction of sp³-hybridized carbons (Fsp3) is 0.364. The third-order valence-electron chi connectivity index (χ3n) is 1.23. The van der Waals surface area contributed by atoms with Crippen molar-refractivity contribution in [3.05, 3.63) is 29.8 Å². The van der Waals surface area contributed by atoms with Crippen LogP contribution in [0.25, 0.3) is 10.2 Å². The molecule has 2 heterocycles. The minimum Gasteiger partial charge on any atom is -0.245 e. The van der Waals surface area contributed by atoms with Crippen molar-refractivity contribution in [2.45, 2.75) is 20.8 Å². The highest BCUT2D eigenvalue weighted by Gasteiger charge is 1.89. The molecule has 0 aliphatic carbocycles. The maximum Gasteiger partial charge on any atom is 0.123 e. The molecule has 0 aliphatic heterocycles. The number of fused-ring (bicyclic) bond motifs is 1. The molecule has 0 atom stereocenters. The predicted octanol–water partition coefficient (Wildman–Crippen LogP) is 3.96. The second-order valence-corrected chi connectivity index (χ2v) is 4.44. The van der Waals surface area contributed by atoms with E-state index >= 15 is 0 Å². The minimum atomic E-state index is 0.833. The van der Waals surface area contributed by atoms with Gasteiger partial charge in [-0.15, -0.1) is 11.3 Å². The molecule has 0 saturated carbocycles. The Morgan fingerprint density at radius 3 is 2.54 bits per heavy atom. The van der Waals surface area contributed by atoms with Gasteiger partial charge in [0.25, 0.3) is 0 Å². The average molecular weight is 193 g/mol. The van der Waals surface area contributed by atoms with Crippen molar-refractivity contribution in [3.8, 4) is 0 Å². The van der Waals surface area contributed by atoms with Gasteiger partial charge < -0.3 is 0 Å². The number of hydrogen-bond donors (Lipinski definition) is 0. The van der Waals surface area contributed by atoms with Crippen LogP contribution in [-0.4, -0.2) is 4.98 Å². The zero-order valence-corrected chi connectivity index (χ0v) is 9.14. The second-order valence-electron chi connectivity index (χ2n) is 3.55. The molecule has 0 radical (unpaired) electrons. The Kier molecular flexibility index (Phi) is 3.90. The first-order valence-electron chi connectivity index (χ1n) is 4.48. The van der Waals surface area contributed by atoms with Gasteiger partial charge in [-0.05, 0) is 23.4 Å². The molecule has 0 unspecified atom stereocenters. The minimum absolute atomic E-state index is 0.833. The molecule has 2 aromatic heterocycles. The highest BCUT2D eigenvalue weighted by atomic mass is 32.1. The number of hydrogen-bond acceptors (Lipinski definition) is 2. The van der Waals surface area contributed by atoms with Crippen LogP contribution in [0.1, 0.15) is 20.8 Å². The number of aromatic nitrogens is 1. The van der Waals surface area contributed by atoms with Crippen LogP contribution in [0.15, 0.2) is 29.8 Å². The van der Waals surface area contributed by atoms with Gasteiger partial charge in [0, 0.05) is 11.6 Å². The summed E-state index contributed by atoms with van der Waals surface area (Å²) in [5.74, 6) is 0.833. The SMILES string of the molecule is CC(C)C.c1cnc2sccc2c1. The molecular formula is C11H15NS. The van der Waals surface area contributed by atoms with E-state index in [1.54, 1.807) is 11.3 Å². The third-order valence-corrected chi connectivity index (χ3v) is 2.06. The smallest absolute Gasteiger partial charge is 0.123 e. The van der Waals surface area contributed by atoms with E-state index in [-0.39, 0.29) is 0 Å². The molecule has 13 heavy (non-hydrogen) atoms. The lowest BCUT2D eigenvalue weighted by molar-refractivity contribution is 0.737. The van der Waals surface area contributed by atoms with Crippen LogP contribution in [0.3, 0.4) is 0 Å². The normalized spacial score (nSPS) is 9.85. The van der Waals surface area contributed by atoms with Crippen molar-refractivity contribution in [2.75, 3.05) is 0 Å². The van der Waals surface area contributed by atoms with Crippen LogP contribution in [0.4, 0.5) is 0 Å².